The number of hydrogen-bond donors (Lipinski definition) is 2. The largest absolute Gasteiger partial charge is 0.453 e. The topological polar surface area (TPSA) is 66.0 Å². The molecule has 27 heavy (non-hydrogen) atoms. The fourth-order valence-electron chi connectivity index (χ4n) is 2.90. The van der Waals surface area contributed by atoms with E-state index in [2.05, 4.69) is 15.6 Å². The van der Waals surface area contributed by atoms with Gasteiger partial charge in [-0.2, -0.15) is 0 Å². The molecule has 0 atom stereocenters. The van der Waals surface area contributed by atoms with Crippen LogP contribution in [0.15, 0.2) is 23.2 Å². The van der Waals surface area contributed by atoms with E-state index < -0.39 is 0 Å². The molecule has 152 valence electrons. The van der Waals surface area contributed by atoms with Crippen molar-refractivity contribution in [1.29, 1.82) is 0 Å². The molecule has 0 saturated carbocycles. The summed E-state index contributed by atoms with van der Waals surface area (Å²) in [7, 11) is 1.39. The summed E-state index contributed by atoms with van der Waals surface area (Å²) in [4.78, 5) is 17.8. The lowest BCUT2D eigenvalue weighted by atomic mass is 10.1. The summed E-state index contributed by atoms with van der Waals surface area (Å²) in [6.07, 6.45) is 1.78. The van der Waals surface area contributed by atoms with Crippen LogP contribution in [0.25, 0.3) is 0 Å². The van der Waals surface area contributed by atoms with Crippen molar-refractivity contribution in [2.75, 3.05) is 33.3 Å². The van der Waals surface area contributed by atoms with Crippen LogP contribution in [0.4, 0.5) is 9.18 Å². The second kappa shape index (κ2) is 12.2. The van der Waals surface area contributed by atoms with Crippen LogP contribution in [0.3, 0.4) is 0 Å². The van der Waals surface area contributed by atoms with Crippen LogP contribution in [0, 0.1) is 5.82 Å². The van der Waals surface area contributed by atoms with E-state index in [1.807, 2.05) is 6.92 Å². The van der Waals surface area contributed by atoms with Gasteiger partial charge in [0.1, 0.15) is 5.82 Å². The Bertz CT molecular complexity index is 620. The van der Waals surface area contributed by atoms with E-state index in [1.54, 1.807) is 17.0 Å². The van der Waals surface area contributed by atoms with E-state index in [0.717, 1.165) is 19.4 Å². The summed E-state index contributed by atoms with van der Waals surface area (Å²) in [5, 5.41) is 7.01. The lowest BCUT2D eigenvalue weighted by Crippen LogP contribution is -2.49. The molecule has 0 radical (unpaired) electrons. The number of methoxy groups -OCH3 is 1. The summed E-state index contributed by atoms with van der Waals surface area (Å²) in [6, 6.07) is 4.91. The molecule has 1 aliphatic heterocycles. The summed E-state index contributed by atoms with van der Waals surface area (Å²) < 4.78 is 18.6. The quantitative estimate of drug-likeness (QED) is 0.360. The molecule has 9 heteroatoms. The molecule has 0 bridgehead atoms. The summed E-state index contributed by atoms with van der Waals surface area (Å²) in [5.41, 5.74) is 0.486. The van der Waals surface area contributed by atoms with Gasteiger partial charge in [-0.25, -0.2) is 9.18 Å². The lowest BCUT2D eigenvalue weighted by molar-refractivity contribution is 0.111. The number of piperidine rings is 1. The average Bonchev–Trinajstić information content (AvgIpc) is 2.64. The van der Waals surface area contributed by atoms with E-state index in [0.29, 0.717) is 42.6 Å². The molecule has 0 spiro atoms. The van der Waals surface area contributed by atoms with Crippen LogP contribution in [0.1, 0.15) is 25.3 Å². The second-order valence-corrected chi connectivity index (χ2v) is 6.49. The highest BCUT2D eigenvalue weighted by molar-refractivity contribution is 14.0. The maximum atomic E-state index is 13.8. The van der Waals surface area contributed by atoms with Crippen molar-refractivity contribution in [3.05, 3.63) is 34.6 Å². The minimum Gasteiger partial charge on any atom is -0.453 e. The van der Waals surface area contributed by atoms with Crippen LogP contribution in [0.2, 0.25) is 5.02 Å². The van der Waals surface area contributed by atoms with Crippen LogP contribution in [-0.4, -0.2) is 56.3 Å². The molecule has 6 nitrogen and oxygen atoms in total. The number of rotatable bonds is 5. The van der Waals surface area contributed by atoms with Gasteiger partial charge in [0.15, 0.2) is 5.96 Å². The smallest absolute Gasteiger partial charge is 0.409 e. The number of hydrogen-bond acceptors (Lipinski definition) is 3. The van der Waals surface area contributed by atoms with Crippen LogP contribution >= 0.6 is 35.6 Å². The molecule has 2 N–H and O–H groups in total. The summed E-state index contributed by atoms with van der Waals surface area (Å²) >= 11 is 6.05. The number of benzene rings is 1. The second-order valence-electron chi connectivity index (χ2n) is 6.09. The van der Waals surface area contributed by atoms with Crippen molar-refractivity contribution < 1.29 is 13.9 Å². The van der Waals surface area contributed by atoms with E-state index in [4.69, 9.17) is 16.3 Å². The Hall–Kier alpha value is -1.29. The number of aliphatic imine (C=N–C) groups is 1. The van der Waals surface area contributed by atoms with Crippen molar-refractivity contribution in [3.8, 4) is 0 Å². The van der Waals surface area contributed by atoms with Crippen LogP contribution in [-0.2, 0) is 11.2 Å². The predicted molar refractivity (Wildman–Crippen MR) is 117 cm³/mol. The Morgan fingerprint density at radius 3 is 2.70 bits per heavy atom. The van der Waals surface area contributed by atoms with Crippen LogP contribution in [0.5, 0.6) is 0 Å². The number of carbonyl (C=O) groups is 1. The maximum Gasteiger partial charge on any atom is 0.409 e. The molecule has 0 unspecified atom stereocenters. The number of carbonyl (C=O) groups excluding carboxylic acids is 1. The molecular weight excluding hydrogens is 486 g/mol. The number of nitrogens with zero attached hydrogens (tertiary/aromatic N) is 2. The van der Waals surface area contributed by atoms with Gasteiger partial charge in [-0.1, -0.05) is 17.7 Å². The zero-order chi connectivity index (χ0) is 18.9. The fraction of sp³-hybridized carbons (Fsp3) is 0.556. The van der Waals surface area contributed by atoms with E-state index >= 15 is 0 Å². The normalized spacial score (nSPS) is 15.1. The highest BCUT2D eigenvalue weighted by Gasteiger charge is 2.23. The molecule has 1 fully saturated rings. The van der Waals surface area contributed by atoms with Gasteiger partial charge in [0, 0.05) is 42.8 Å². The fourth-order valence-corrected chi connectivity index (χ4v) is 3.16. The SMILES string of the molecule is CCNC(=NCCc1c(F)cccc1Cl)NC1CCN(C(=O)OC)CC1.I. The predicted octanol–water partition coefficient (Wildman–Crippen LogP) is 3.43. The van der Waals surface area contributed by atoms with Crippen molar-refractivity contribution in [2.45, 2.75) is 32.2 Å². The van der Waals surface area contributed by atoms with Gasteiger partial charge in [-0.15, -0.1) is 24.0 Å². The third-order valence-electron chi connectivity index (χ3n) is 4.31. The summed E-state index contributed by atoms with van der Waals surface area (Å²) in [5.74, 6) is 0.386. The van der Waals surface area contributed by atoms with Crippen molar-refractivity contribution >= 4 is 47.6 Å². The molecular formula is C18H27ClFIN4O2. The number of guanidine groups is 1. The number of halogens is 3. The third kappa shape index (κ3) is 7.33. The van der Waals surface area contributed by atoms with Crippen LogP contribution < -0.4 is 10.6 Å². The first-order valence-electron chi connectivity index (χ1n) is 8.85. The molecule has 2 rings (SSSR count). The Balaban J connectivity index is 0.00000364. The minimum absolute atomic E-state index is 0. The lowest BCUT2D eigenvalue weighted by Gasteiger charge is -2.32. The average molecular weight is 513 g/mol. The van der Waals surface area contributed by atoms with Crippen molar-refractivity contribution in [2.24, 2.45) is 4.99 Å². The van der Waals surface area contributed by atoms with E-state index in [1.165, 1.54) is 13.2 Å². The third-order valence-corrected chi connectivity index (χ3v) is 4.66. The minimum atomic E-state index is -0.305. The van der Waals surface area contributed by atoms with Gasteiger partial charge >= 0.3 is 6.09 Å². The molecule has 1 amide bonds. The molecule has 0 aliphatic carbocycles. The van der Waals surface area contributed by atoms with Gasteiger partial charge in [0.05, 0.1) is 7.11 Å². The van der Waals surface area contributed by atoms with Crippen molar-refractivity contribution in [1.82, 2.24) is 15.5 Å². The first-order valence-corrected chi connectivity index (χ1v) is 9.23. The Labute approximate surface area is 181 Å². The number of nitrogens with one attached hydrogen (secondary N) is 2. The molecule has 1 aromatic carbocycles. The number of ether oxygens (including phenoxy) is 1. The van der Waals surface area contributed by atoms with Gasteiger partial charge in [-0.05, 0) is 38.3 Å². The molecule has 1 heterocycles. The van der Waals surface area contributed by atoms with Gasteiger partial charge in [0.25, 0.3) is 0 Å². The van der Waals surface area contributed by atoms with Gasteiger partial charge in [0.2, 0.25) is 0 Å². The van der Waals surface area contributed by atoms with E-state index in [-0.39, 0.29) is 41.9 Å². The van der Waals surface area contributed by atoms with Gasteiger partial charge < -0.3 is 20.3 Å². The number of amides is 1. The van der Waals surface area contributed by atoms with E-state index in [9.17, 15) is 9.18 Å². The summed E-state index contributed by atoms with van der Waals surface area (Å²) in [6.45, 7) is 4.44. The molecule has 0 aromatic heterocycles. The Kier molecular flexibility index (Phi) is 10.8. The first-order chi connectivity index (χ1) is 12.5. The highest BCUT2D eigenvalue weighted by atomic mass is 127. The molecule has 1 aliphatic rings. The zero-order valence-corrected chi connectivity index (χ0v) is 18.7. The monoisotopic (exact) mass is 512 g/mol. The highest BCUT2D eigenvalue weighted by Crippen LogP contribution is 2.19. The molecule has 1 aromatic rings. The first kappa shape index (κ1) is 23.7. The number of likely N-dealkylation sites (tertiary alicyclic amines) is 1. The standard InChI is InChI=1S/C18H26ClFN4O2.HI/c1-3-21-17(22-10-7-14-15(19)5-4-6-16(14)20)23-13-8-11-24(12-9-13)18(25)26-2;/h4-6,13H,3,7-12H2,1-2H3,(H2,21,22,23);1H. The Morgan fingerprint density at radius 2 is 2.11 bits per heavy atom. The Morgan fingerprint density at radius 1 is 1.41 bits per heavy atom. The zero-order valence-electron chi connectivity index (χ0n) is 15.6. The maximum absolute atomic E-state index is 13.8. The molecule has 1 saturated heterocycles. The van der Waals surface area contributed by atoms with Gasteiger partial charge in [-0.3, -0.25) is 4.99 Å². The van der Waals surface area contributed by atoms with Crippen molar-refractivity contribution in [3.63, 3.8) is 0 Å².